The quantitative estimate of drug-likeness (QED) is 0.891. The highest BCUT2D eigenvalue weighted by molar-refractivity contribution is 9.10. The van der Waals surface area contributed by atoms with E-state index in [0.29, 0.717) is 22.6 Å². The van der Waals surface area contributed by atoms with Gasteiger partial charge in [0.1, 0.15) is 5.82 Å². The Morgan fingerprint density at radius 1 is 1.26 bits per heavy atom. The number of halogens is 2. The van der Waals surface area contributed by atoms with Gasteiger partial charge >= 0.3 is 0 Å². The lowest BCUT2D eigenvalue weighted by Crippen LogP contribution is -2.56. The van der Waals surface area contributed by atoms with E-state index in [2.05, 4.69) is 33.2 Å². The van der Waals surface area contributed by atoms with Crippen LogP contribution >= 0.6 is 15.9 Å². The lowest BCUT2D eigenvalue weighted by molar-refractivity contribution is 0.252. The number of hydrogen-bond acceptors (Lipinski definition) is 2. The molecule has 2 fully saturated rings. The molecule has 2 atom stereocenters. The summed E-state index contributed by atoms with van der Waals surface area (Å²) in [7, 11) is 2.05. The molecule has 0 spiro atoms. The number of nitrogens with one attached hydrogen (secondary N) is 1. The molecule has 2 aliphatic heterocycles. The summed E-state index contributed by atoms with van der Waals surface area (Å²) in [6, 6.07) is 7.28. The predicted molar refractivity (Wildman–Crippen MR) is 80.1 cm³/mol. The number of benzene rings is 1. The van der Waals surface area contributed by atoms with Crippen LogP contribution in [0.3, 0.4) is 0 Å². The van der Waals surface area contributed by atoms with E-state index in [9.17, 15) is 4.39 Å². The van der Waals surface area contributed by atoms with Crippen LogP contribution in [0, 0.1) is 5.82 Å². The maximum absolute atomic E-state index is 13.8. The monoisotopic (exact) mass is 326 g/mol. The van der Waals surface area contributed by atoms with Crippen molar-refractivity contribution < 1.29 is 4.39 Å². The Balaban J connectivity index is 1.89. The largest absolute Gasteiger partial charge is 0.365 e. The maximum Gasteiger partial charge on any atom is 0.139 e. The molecule has 2 nitrogen and oxygen atoms in total. The minimum absolute atomic E-state index is 0.161. The van der Waals surface area contributed by atoms with Gasteiger partial charge in [-0.15, -0.1) is 0 Å². The van der Waals surface area contributed by atoms with Crippen molar-refractivity contribution in [2.45, 2.75) is 50.2 Å². The number of anilines is 1. The van der Waals surface area contributed by atoms with Crippen molar-refractivity contribution in [1.29, 1.82) is 0 Å². The van der Waals surface area contributed by atoms with E-state index < -0.39 is 0 Å². The molecule has 2 heterocycles. The Labute approximate surface area is 122 Å². The van der Waals surface area contributed by atoms with E-state index in [1.54, 1.807) is 6.07 Å². The average molecular weight is 327 g/mol. The molecule has 0 amide bonds. The first-order chi connectivity index (χ1) is 9.19. The van der Waals surface area contributed by atoms with Gasteiger partial charge < -0.3 is 10.2 Å². The molecule has 1 aromatic rings. The fraction of sp³-hybridized carbons (Fsp3) is 0.600. The summed E-state index contributed by atoms with van der Waals surface area (Å²) in [5, 5.41) is 3.42. The fourth-order valence-corrected chi connectivity index (χ4v) is 3.93. The molecule has 19 heavy (non-hydrogen) atoms. The van der Waals surface area contributed by atoms with Crippen LogP contribution in [-0.4, -0.2) is 25.2 Å². The second kappa shape index (κ2) is 5.41. The summed E-state index contributed by atoms with van der Waals surface area (Å²) in [5.74, 6) is -0.161. The molecule has 2 bridgehead atoms. The molecular formula is C15H20BrFN2. The molecule has 104 valence electrons. The number of fused-ring (bicyclic) bond motifs is 2. The van der Waals surface area contributed by atoms with E-state index in [-0.39, 0.29) is 5.82 Å². The topological polar surface area (TPSA) is 15.3 Å². The van der Waals surface area contributed by atoms with Gasteiger partial charge in [0.15, 0.2) is 0 Å². The van der Waals surface area contributed by atoms with Crippen molar-refractivity contribution in [1.82, 2.24) is 5.32 Å². The molecule has 2 saturated heterocycles. The van der Waals surface area contributed by atoms with Crippen LogP contribution in [-0.2, 0) is 0 Å². The smallest absolute Gasteiger partial charge is 0.139 e. The van der Waals surface area contributed by atoms with Crippen molar-refractivity contribution >= 4 is 21.6 Å². The normalized spacial score (nSPS) is 30.5. The van der Waals surface area contributed by atoms with Crippen LogP contribution < -0.4 is 10.2 Å². The van der Waals surface area contributed by atoms with Crippen LogP contribution in [0.1, 0.15) is 32.1 Å². The Morgan fingerprint density at radius 2 is 1.95 bits per heavy atom. The molecular weight excluding hydrogens is 307 g/mol. The van der Waals surface area contributed by atoms with Gasteiger partial charge in [0.2, 0.25) is 0 Å². The van der Waals surface area contributed by atoms with E-state index in [4.69, 9.17) is 0 Å². The SMILES string of the molecule is CNC1CC2CCCC(C1)N2c1ccc(Br)c(F)c1. The van der Waals surface area contributed by atoms with Crippen molar-refractivity contribution in [3.8, 4) is 0 Å². The first-order valence-corrected chi connectivity index (χ1v) is 7.89. The summed E-state index contributed by atoms with van der Waals surface area (Å²) in [4.78, 5) is 2.47. The first-order valence-electron chi connectivity index (χ1n) is 7.09. The Hall–Kier alpha value is -0.610. The van der Waals surface area contributed by atoms with Gasteiger partial charge in [-0.2, -0.15) is 0 Å². The summed E-state index contributed by atoms with van der Waals surface area (Å²) >= 11 is 3.23. The number of piperidine rings is 2. The zero-order chi connectivity index (χ0) is 13.4. The standard InChI is InChI=1S/C15H20BrFN2/c1-18-10-7-11-3-2-4-12(8-10)19(11)13-5-6-14(16)15(17)9-13/h5-6,9-12,18H,2-4,7-8H2,1H3. The van der Waals surface area contributed by atoms with E-state index in [1.165, 1.54) is 32.1 Å². The highest BCUT2D eigenvalue weighted by atomic mass is 79.9. The minimum atomic E-state index is -0.161. The van der Waals surface area contributed by atoms with Crippen molar-refractivity contribution in [2.24, 2.45) is 0 Å². The van der Waals surface area contributed by atoms with E-state index >= 15 is 0 Å². The van der Waals surface area contributed by atoms with Gasteiger partial charge in [0.05, 0.1) is 4.47 Å². The average Bonchev–Trinajstić information content (AvgIpc) is 2.40. The fourth-order valence-electron chi connectivity index (χ4n) is 3.68. The second-order valence-electron chi connectivity index (χ2n) is 5.70. The molecule has 0 aromatic heterocycles. The summed E-state index contributed by atoms with van der Waals surface area (Å²) < 4.78 is 14.3. The van der Waals surface area contributed by atoms with Crippen molar-refractivity contribution in [3.05, 3.63) is 28.5 Å². The highest BCUT2D eigenvalue weighted by Crippen LogP contribution is 2.38. The van der Waals surface area contributed by atoms with Gasteiger partial charge in [-0.1, -0.05) is 0 Å². The van der Waals surface area contributed by atoms with E-state index in [1.807, 2.05) is 12.1 Å². The third kappa shape index (κ3) is 2.52. The first kappa shape index (κ1) is 13.4. The van der Waals surface area contributed by atoms with Crippen molar-refractivity contribution in [3.63, 3.8) is 0 Å². The minimum Gasteiger partial charge on any atom is -0.365 e. The zero-order valence-corrected chi connectivity index (χ0v) is 12.8. The molecule has 0 saturated carbocycles. The molecule has 2 unspecified atom stereocenters. The molecule has 4 heteroatoms. The third-order valence-corrected chi connectivity index (χ3v) is 5.23. The molecule has 0 aliphatic carbocycles. The Bertz CT molecular complexity index is 451. The van der Waals surface area contributed by atoms with Gasteiger partial charge in [-0.05, 0) is 73.3 Å². The highest BCUT2D eigenvalue weighted by Gasteiger charge is 2.37. The lowest BCUT2D eigenvalue weighted by atomic mass is 9.81. The molecule has 1 N–H and O–H groups in total. The number of hydrogen-bond donors (Lipinski definition) is 1. The third-order valence-electron chi connectivity index (χ3n) is 4.58. The van der Waals surface area contributed by atoms with Crippen LogP contribution in [0.4, 0.5) is 10.1 Å². The van der Waals surface area contributed by atoms with Gasteiger partial charge in [0.25, 0.3) is 0 Å². The van der Waals surface area contributed by atoms with Crippen LogP contribution in [0.5, 0.6) is 0 Å². The number of nitrogens with zero attached hydrogens (tertiary/aromatic N) is 1. The Morgan fingerprint density at radius 3 is 2.53 bits per heavy atom. The van der Waals surface area contributed by atoms with Gasteiger partial charge in [0, 0.05) is 23.8 Å². The van der Waals surface area contributed by atoms with Crippen molar-refractivity contribution in [2.75, 3.05) is 11.9 Å². The maximum atomic E-state index is 13.8. The lowest BCUT2D eigenvalue weighted by Gasteiger charge is -2.50. The Kier molecular flexibility index (Phi) is 3.81. The molecule has 3 rings (SSSR count). The summed E-state index contributed by atoms with van der Waals surface area (Å²) in [6.07, 6.45) is 6.11. The van der Waals surface area contributed by atoms with Gasteiger partial charge in [-0.25, -0.2) is 4.39 Å². The van der Waals surface area contributed by atoms with E-state index in [0.717, 1.165) is 5.69 Å². The predicted octanol–water partition coefficient (Wildman–Crippen LogP) is 3.70. The number of rotatable bonds is 2. The van der Waals surface area contributed by atoms with Crippen LogP contribution in [0.15, 0.2) is 22.7 Å². The molecule has 0 radical (unpaired) electrons. The zero-order valence-electron chi connectivity index (χ0n) is 11.2. The van der Waals surface area contributed by atoms with Crippen LogP contribution in [0.25, 0.3) is 0 Å². The summed E-state index contributed by atoms with van der Waals surface area (Å²) in [5.41, 5.74) is 1.05. The molecule has 1 aromatic carbocycles. The van der Waals surface area contributed by atoms with Crippen LogP contribution in [0.2, 0.25) is 0 Å². The summed E-state index contributed by atoms with van der Waals surface area (Å²) in [6.45, 7) is 0. The molecule has 2 aliphatic rings. The van der Waals surface area contributed by atoms with Gasteiger partial charge in [-0.3, -0.25) is 0 Å². The second-order valence-corrected chi connectivity index (χ2v) is 6.56.